The molecule has 1 fully saturated rings. The summed E-state index contributed by atoms with van der Waals surface area (Å²) in [5.41, 5.74) is 1.03. The molecule has 0 radical (unpaired) electrons. The van der Waals surface area contributed by atoms with Crippen molar-refractivity contribution in [2.75, 3.05) is 26.2 Å². The SMILES string of the molecule is Cl.c1cc(-c2noc(CN3CCNCC3)n2)cs1. The number of piperazine rings is 1. The van der Waals surface area contributed by atoms with Gasteiger partial charge in [-0.3, -0.25) is 4.90 Å². The van der Waals surface area contributed by atoms with Gasteiger partial charge in [0.25, 0.3) is 0 Å². The number of hydrogen-bond acceptors (Lipinski definition) is 6. The Morgan fingerprint density at radius 3 is 2.94 bits per heavy atom. The van der Waals surface area contributed by atoms with E-state index in [9.17, 15) is 0 Å². The summed E-state index contributed by atoms with van der Waals surface area (Å²) in [4.78, 5) is 6.73. The molecule has 0 unspecified atom stereocenters. The second kappa shape index (κ2) is 6.29. The van der Waals surface area contributed by atoms with Crippen LogP contribution >= 0.6 is 23.7 Å². The Kier molecular flexibility index (Phi) is 4.71. The van der Waals surface area contributed by atoms with E-state index in [4.69, 9.17) is 4.52 Å². The third kappa shape index (κ3) is 3.08. The second-order valence-electron chi connectivity index (χ2n) is 4.05. The van der Waals surface area contributed by atoms with Gasteiger partial charge in [0.1, 0.15) is 0 Å². The standard InChI is InChI=1S/C11H14N4OS.ClH/c1-6-17-8-9(1)11-13-10(16-14-11)7-15-4-2-12-3-5-15;/h1,6,8,12H,2-5,7H2;1H. The molecule has 0 bridgehead atoms. The van der Waals surface area contributed by atoms with Crippen LogP contribution in [-0.4, -0.2) is 41.2 Å². The Bertz CT molecular complexity index is 467. The molecule has 0 amide bonds. The van der Waals surface area contributed by atoms with Gasteiger partial charge in [0.15, 0.2) is 0 Å². The highest BCUT2D eigenvalue weighted by molar-refractivity contribution is 7.08. The van der Waals surface area contributed by atoms with Crippen molar-refractivity contribution >= 4 is 23.7 Å². The van der Waals surface area contributed by atoms with E-state index in [0.29, 0.717) is 11.7 Å². The van der Waals surface area contributed by atoms with Crippen molar-refractivity contribution in [1.29, 1.82) is 0 Å². The smallest absolute Gasteiger partial charge is 0.241 e. The second-order valence-corrected chi connectivity index (χ2v) is 4.83. The van der Waals surface area contributed by atoms with Crippen molar-refractivity contribution in [3.8, 4) is 11.4 Å². The maximum absolute atomic E-state index is 5.27. The van der Waals surface area contributed by atoms with Gasteiger partial charge in [0.05, 0.1) is 6.54 Å². The summed E-state index contributed by atoms with van der Waals surface area (Å²) >= 11 is 1.64. The molecule has 1 aliphatic rings. The van der Waals surface area contributed by atoms with Crippen LogP contribution in [0.3, 0.4) is 0 Å². The van der Waals surface area contributed by atoms with E-state index in [2.05, 4.69) is 20.4 Å². The lowest BCUT2D eigenvalue weighted by Gasteiger charge is -2.25. The topological polar surface area (TPSA) is 54.2 Å². The van der Waals surface area contributed by atoms with Gasteiger partial charge in [-0.2, -0.15) is 16.3 Å². The molecule has 1 N–H and O–H groups in total. The molecule has 18 heavy (non-hydrogen) atoms. The van der Waals surface area contributed by atoms with Crippen molar-refractivity contribution in [2.24, 2.45) is 0 Å². The maximum atomic E-state index is 5.27. The first kappa shape index (κ1) is 13.5. The lowest BCUT2D eigenvalue weighted by atomic mass is 10.3. The fraction of sp³-hybridized carbons (Fsp3) is 0.455. The van der Waals surface area contributed by atoms with Gasteiger partial charge in [0.2, 0.25) is 11.7 Å². The molecule has 0 atom stereocenters. The van der Waals surface area contributed by atoms with Crippen LogP contribution in [0.2, 0.25) is 0 Å². The molecule has 2 aromatic rings. The molecule has 0 spiro atoms. The van der Waals surface area contributed by atoms with E-state index < -0.39 is 0 Å². The number of nitrogens with zero attached hydrogens (tertiary/aromatic N) is 3. The van der Waals surface area contributed by atoms with E-state index in [1.54, 1.807) is 11.3 Å². The Balaban J connectivity index is 0.00000120. The summed E-state index contributed by atoms with van der Waals surface area (Å²) in [6.45, 7) is 4.89. The van der Waals surface area contributed by atoms with Crippen molar-refractivity contribution in [2.45, 2.75) is 6.54 Å². The van der Waals surface area contributed by atoms with Crippen molar-refractivity contribution in [3.05, 3.63) is 22.7 Å². The van der Waals surface area contributed by atoms with Crippen LogP contribution in [-0.2, 0) is 6.54 Å². The minimum absolute atomic E-state index is 0. The Labute approximate surface area is 116 Å². The summed E-state index contributed by atoms with van der Waals surface area (Å²) < 4.78 is 5.27. The number of hydrogen-bond donors (Lipinski definition) is 1. The zero-order valence-electron chi connectivity index (χ0n) is 9.83. The summed E-state index contributed by atoms with van der Waals surface area (Å²) in [7, 11) is 0. The first-order valence-electron chi connectivity index (χ1n) is 5.70. The van der Waals surface area contributed by atoms with Gasteiger partial charge in [-0.05, 0) is 11.4 Å². The zero-order chi connectivity index (χ0) is 11.5. The normalized spacial score (nSPS) is 16.4. The fourth-order valence-electron chi connectivity index (χ4n) is 1.89. The third-order valence-electron chi connectivity index (χ3n) is 2.82. The van der Waals surface area contributed by atoms with E-state index >= 15 is 0 Å². The van der Waals surface area contributed by atoms with Crippen LogP contribution in [0.4, 0.5) is 0 Å². The van der Waals surface area contributed by atoms with Crippen LogP contribution in [0.5, 0.6) is 0 Å². The van der Waals surface area contributed by atoms with Gasteiger partial charge >= 0.3 is 0 Å². The lowest BCUT2D eigenvalue weighted by molar-refractivity contribution is 0.203. The molecule has 3 rings (SSSR count). The van der Waals surface area contributed by atoms with Crippen LogP contribution < -0.4 is 5.32 Å². The van der Waals surface area contributed by atoms with Crippen molar-refractivity contribution in [3.63, 3.8) is 0 Å². The number of aromatic nitrogens is 2. The monoisotopic (exact) mass is 286 g/mol. The largest absolute Gasteiger partial charge is 0.338 e. The van der Waals surface area contributed by atoms with Crippen molar-refractivity contribution < 1.29 is 4.52 Å². The van der Waals surface area contributed by atoms with Crippen molar-refractivity contribution in [1.82, 2.24) is 20.4 Å². The highest BCUT2D eigenvalue weighted by Crippen LogP contribution is 2.19. The highest BCUT2D eigenvalue weighted by Gasteiger charge is 2.14. The van der Waals surface area contributed by atoms with E-state index in [1.807, 2.05) is 16.8 Å². The summed E-state index contributed by atoms with van der Waals surface area (Å²) in [6.07, 6.45) is 0. The third-order valence-corrected chi connectivity index (χ3v) is 3.50. The van der Waals surface area contributed by atoms with Crippen LogP contribution in [0.25, 0.3) is 11.4 Å². The Morgan fingerprint density at radius 2 is 2.22 bits per heavy atom. The van der Waals surface area contributed by atoms with Gasteiger partial charge in [-0.15, -0.1) is 12.4 Å². The highest BCUT2D eigenvalue weighted by atomic mass is 35.5. The van der Waals surface area contributed by atoms with Crippen LogP contribution in [0.15, 0.2) is 21.3 Å². The van der Waals surface area contributed by atoms with Gasteiger partial charge in [-0.25, -0.2) is 0 Å². The zero-order valence-corrected chi connectivity index (χ0v) is 11.5. The minimum atomic E-state index is 0. The molecule has 7 heteroatoms. The number of halogens is 1. The Hall–Kier alpha value is -0.950. The molecule has 0 aliphatic carbocycles. The molecule has 1 aliphatic heterocycles. The molecule has 5 nitrogen and oxygen atoms in total. The average molecular weight is 287 g/mol. The molecule has 98 valence electrons. The molecular formula is C11H15ClN4OS. The summed E-state index contributed by atoms with van der Waals surface area (Å²) in [6, 6.07) is 2.00. The van der Waals surface area contributed by atoms with E-state index in [-0.39, 0.29) is 12.4 Å². The van der Waals surface area contributed by atoms with Crippen LogP contribution in [0, 0.1) is 0 Å². The quantitative estimate of drug-likeness (QED) is 0.929. The van der Waals surface area contributed by atoms with E-state index in [1.165, 1.54) is 0 Å². The van der Waals surface area contributed by atoms with Crippen LogP contribution in [0.1, 0.15) is 5.89 Å². The average Bonchev–Trinajstić information content (AvgIpc) is 3.00. The van der Waals surface area contributed by atoms with Gasteiger partial charge in [0, 0.05) is 37.1 Å². The number of thiophene rings is 1. The van der Waals surface area contributed by atoms with E-state index in [0.717, 1.165) is 38.3 Å². The molecule has 1 saturated heterocycles. The first-order valence-corrected chi connectivity index (χ1v) is 6.64. The molecule has 3 heterocycles. The number of rotatable bonds is 3. The van der Waals surface area contributed by atoms with Gasteiger partial charge < -0.3 is 9.84 Å². The fourth-order valence-corrected chi connectivity index (χ4v) is 2.52. The molecule has 2 aromatic heterocycles. The Morgan fingerprint density at radius 1 is 1.39 bits per heavy atom. The molecule has 0 saturated carbocycles. The predicted octanol–water partition coefficient (Wildman–Crippen LogP) is 1.63. The predicted molar refractivity (Wildman–Crippen MR) is 73.0 cm³/mol. The molecular weight excluding hydrogens is 272 g/mol. The minimum Gasteiger partial charge on any atom is -0.338 e. The number of nitrogens with one attached hydrogen (secondary N) is 1. The van der Waals surface area contributed by atoms with Gasteiger partial charge in [-0.1, -0.05) is 5.16 Å². The first-order chi connectivity index (χ1) is 8.42. The maximum Gasteiger partial charge on any atom is 0.241 e. The molecule has 0 aromatic carbocycles. The summed E-state index contributed by atoms with van der Waals surface area (Å²) in [5.74, 6) is 1.39. The lowest BCUT2D eigenvalue weighted by Crippen LogP contribution is -2.42. The summed E-state index contributed by atoms with van der Waals surface area (Å²) in [5, 5.41) is 11.4.